The third-order valence-electron chi connectivity index (χ3n) is 1.62. The van der Waals surface area contributed by atoms with Gasteiger partial charge in [0.2, 0.25) is 0 Å². The topological polar surface area (TPSA) is 38.7 Å². The number of ketones is 1. The van der Waals surface area contributed by atoms with Crippen molar-refractivity contribution in [2.75, 3.05) is 6.54 Å². The maximum atomic E-state index is 10.8. The van der Waals surface area contributed by atoms with Crippen LogP contribution in [0.4, 0.5) is 0 Å². The molecule has 0 aromatic heterocycles. The molecule has 0 aliphatic carbocycles. The standard InChI is InChI=1S/C8H13NO2/c1-5(2)8-9-4-7(11-8)6(3)10/h5,7H,4H2,1-3H3. The molecule has 1 atom stereocenters. The molecule has 1 aliphatic heterocycles. The van der Waals surface area contributed by atoms with Gasteiger partial charge in [-0.25, -0.2) is 0 Å². The van der Waals surface area contributed by atoms with Crippen molar-refractivity contribution in [3.05, 3.63) is 0 Å². The quantitative estimate of drug-likeness (QED) is 0.597. The zero-order valence-corrected chi connectivity index (χ0v) is 7.13. The van der Waals surface area contributed by atoms with Crippen molar-refractivity contribution in [3.63, 3.8) is 0 Å². The SMILES string of the molecule is CC(=O)C1CN=C(C(C)C)O1. The van der Waals surface area contributed by atoms with Crippen LogP contribution in [0.3, 0.4) is 0 Å². The summed E-state index contributed by atoms with van der Waals surface area (Å²) in [4.78, 5) is 14.9. The molecule has 62 valence electrons. The highest BCUT2D eigenvalue weighted by Crippen LogP contribution is 2.11. The average molecular weight is 155 g/mol. The van der Waals surface area contributed by atoms with Crippen molar-refractivity contribution >= 4 is 11.7 Å². The van der Waals surface area contributed by atoms with Crippen LogP contribution in [0, 0.1) is 5.92 Å². The molecule has 0 aromatic rings. The number of ether oxygens (including phenoxy) is 1. The molecule has 1 aliphatic rings. The monoisotopic (exact) mass is 155 g/mol. The van der Waals surface area contributed by atoms with Crippen LogP contribution in [0.25, 0.3) is 0 Å². The van der Waals surface area contributed by atoms with Crippen LogP contribution in [0.1, 0.15) is 20.8 Å². The van der Waals surface area contributed by atoms with E-state index in [1.54, 1.807) is 0 Å². The van der Waals surface area contributed by atoms with Crippen LogP contribution in [0.2, 0.25) is 0 Å². The Balaban J connectivity index is 2.49. The maximum absolute atomic E-state index is 10.8. The first kappa shape index (κ1) is 8.24. The molecule has 3 heteroatoms. The van der Waals surface area contributed by atoms with Crippen molar-refractivity contribution in [2.45, 2.75) is 26.9 Å². The molecule has 0 N–H and O–H groups in total. The van der Waals surface area contributed by atoms with Gasteiger partial charge < -0.3 is 4.74 Å². The predicted octanol–water partition coefficient (Wildman–Crippen LogP) is 1.03. The molecule has 1 unspecified atom stereocenters. The van der Waals surface area contributed by atoms with E-state index in [1.807, 2.05) is 13.8 Å². The number of carbonyl (C=O) groups is 1. The van der Waals surface area contributed by atoms with Gasteiger partial charge in [-0.3, -0.25) is 9.79 Å². The number of hydrogen-bond donors (Lipinski definition) is 0. The lowest BCUT2D eigenvalue weighted by Gasteiger charge is -2.08. The Morgan fingerprint density at radius 2 is 2.36 bits per heavy atom. The molecule has 0 amide bonds. The summed E-state index contributed by atoms with van der Waals surface area (Å²) in [7, 11) is 0. The van der Waals surface area contributed by atoms with Gasteiger partial charge in [0.15, 0.2) is 17.8 Å². The summed E-state index contributed by atoms with van der Waals surface area (Å²) in [6.07, 6.45) is -0.313. The number of nitrogens with zero attached hydrogens (tertiary/aromatic N) is 1. The van der Waals surface area contributed by atoms with Gasteiger partial charge in [0.1, 0.15) is 0 Å². The molecule has 0 saturated heterocycles. The summed E-state index contributed by atoms with van der Waals surface area (Å²) < 4.78 is 5.28. The zero-order chi connectivity index (χ0) is 8.43. The van der Waals surface area contributed by atoms with E-state index < -0.39 is 0 Å². The minimum atomic E-state index is -0.313. The number of hydrogen-bond acceptors (Lipinski definition) is 3. The first-order valence-electron chi connectivity index (χ1n) is 3.82. The minimum Gasteiger partial charge on any atom is -0.468 e. The lowest BCUT2D eigenvalue weighted by Crippen LogP contribution is -2.23. The second kappa shape index (κ2) is 3.03. The Bertz CT molecular complexity index is 196. The molecule has 1 heterocycles. The van der Waals surface area contributed by atoms with Crippen LogP contribution in [-0.2, 0) is 9.53 Å². The Hall–Kier alpha value is -0.860. The van der Waals surface area contributed by atoms with Crippen molar-refractivity contribution in [1.29, 1.82) is 0 Å². The number of carbonyl (C=O) groups excluding carboxylic acids is 1. The summed E-state index contributed by atoms with van der Waals surface area (Å²) in [5.41, 5.74) is 0. The molecule has 0 bridgehead atoms. The third kappa shape index (κ3) is 1.79. The fourth-order valence-electron chi connectivity index (χ4n) is 0.923. The molecule has 0 saturated carbocycles. The molecule has 0 spiro atoms. The van der Waals surface area contributed by atoms with E-state index in [-0.39, 0.29) is 11.9 Å². The van der Waals surface area contributed by atoms with E-state index in [0.29, 0.717) is 18.4 Å². The molecule has 0 aromatic carbocycles. The van der Waals surface area contributed by atoms with Gasteiger partial charge >= 0.3 is 0 Å². The normalized spacial score (nSPS) is 23.3. The maximum Gasteiger partial charge on any atom is 0.186 e. The molecule has 1 rings (SSSR count). The minimum absolute atomic E-state index is 0.0596. The number of aliphatic imine (C=N–C) groups is 1. The highest BCUT2D eigenvalue weighted by Gasteiger charge is 2.24. The third-order valence-corrected chi connectivity index (χ3v) is 1.62. The van der Waals surface area contributed by atoms with Crippen molar-refractivity contribution < 1.29 is 9.53 Å². The average Bonchev–Trinajstić information content (AvgIpc) is 2.33. The van der Waals surface area contributed by atoms with Gasteiger partial charge in [-0.15, -0.1) is 0 Å². The lowest BCUT2D eigenvalue weighted by molar-refractivity contribution is -0.123. The molecule has 3 nitrogen and oxygen atoms in total. The summed E-state index contributed by atoms with van der Waals surface area (Å²) in [5.74, 6) is 1.06. The van der Waals surface area contributed by atoms with Crippen LogP contribution < -0.4 is 0 Å². The Kier molecular flexibility index (Phi) is 2.27. The largest absolute Gasteiger partial charge is 0.468 e. The Morgan fingerprint density at radius 1 is 1.73 bits per heavy atom. The molecular weight excluding hydrogens is 142 g/mol. The zero-order valence-electron chi connectivity index (χ0n) is 7.13. The summed E-state index contributed by atoms with van der Waals surface area (Å²) in [6.45, 7) is 6.04. The summed E-state index contributed by atoms with van der Waals surface area (Å²) >= 11 is 0. The fourth-order valence-corrected chi connectivity index (χ4v) is 0.923. The molecule has 11 heavy (non-hydrogen) atoms. The lowest BCUT2D eigenvalue weighted by atomic mass is 10.2. The number of Topliss-reactive ketones (excluding diaryl/α,β-unsaturated/α-hetero) is 1. The smallest absolute Gasteiger partial charge is 0.186 e. The second-order valence-corrected chi connectivity index (χ2v) is 3.05. The van der Waals surface area contributed by atoms with E-state index in [2.05, 4.69) is 4.99 Å². The highest BCUT2D eigenvalue weighted by atomic mass is 16.5. The molecule has 0 radical (unpaired) electrons. The summed E-state index contributed by atoms with van der Waals surface area (Å²) in [5, 5.41) is 0. The van der Waals surface area contributed by atoms with Gasteiger partial charge in [-0.1, -0.05) is 13.8 Å². The van der Waals surface area contributed by atoms with E-state index in [9.17, 15) is 4.79 Å². The Morgan fingerprint density at radius 3 is 2.64 bits per heavy atom. The predicted molar refractivity (Wildman–Crippen MR) is 42.7 cm³/mol. The van der Waals surface area contributed by atoms with Crippen molar-refractivity contribution in [2.24, 2.45) is 10.9 Å². The summed E-state index contributed by atoms with van der Waals surface area (Å²) in [6, 6.07) is 0. The van der Waals surface area contributed by atoms with Crippen LogP contribution in [0.15, 0.2) is 4.99 Å². The van der Waals surface area contributed by atoms with Crippen molar-refractivity contribution in [1.82, 2.24) is 0 Å². The molecular formula is C8H13NO2. The van der Waals surface area contributed by atoms with Gasteiger partial charge in [0, 0.05) is 5.92 Å². The van der Waals surface area contributed by atoms with Crippen LogP contribution in [-0.4, -0.2) is 24.3 Å². The van der Waals surface area contributed by atoms with Gasteiger partial charge in [-0.2, -0.15) is 0 Å². The van der Waals surface area contributed by atoms with E-state index >= 15 is 0 Å². The second-order valence-electron chi connectivity index (χ2n) is 3.05. The van der Waals surface area contributed by atoms with Gasteiger partial charge in [0.05, 0.1) is 6.54 Å². The fraction of sp³-hybridized carbons (Fsp3) is 0.750. The Labute approximate surface area is 66.5 Å². The van der Waals surface area contributed by atoms with E-state index in [1.165, 1.54) is 6.92 Å². The molecule has 0 fully saturated rings. The van der Waals surface area contributed by atoms with Gasteiger partial charge in [-0.05, 0) is 6.92 Å². The highest BCUT2D eigenvalue weighted by molar-refractivity contribution is 5.88. The first-order valence-corrected chi connectivity index (χ1v) is 3.82. The van der Waals surface area contributed by atoms with E-state index in [4.69, 9.17) is 4.74 Å². The van der Waals surface area contributed by atoms with Crippen molar-refractivity contribution in [3.8, 4) is 0 Å². The van der Waals surface area contributed by atoms with E-state index in [0.717, 1.165) is 0 Å². The van der Waals surface area contributed by atoms with Crippen LogP contribution in [0.5, 0.6) is 0 Å². The first-order chi connectivity index (χ1) is 5.11. The van der Waals surface area contributed by atoms with Crippen LogP contribution >= 0.6 is 0 Å². The van der Waals surface area contributed by atoms with Gasteiger partial charge in [0.25, 0.3) is 0 Å². The number of rotatable bonds is 2.